The van der Waals surface area contributed by atoms with Crippen molar-refractivity contribution in [2.75, 3.05) is 11.9 Å². The van der Waals surface area contributed by atoms with E-state index in [1.165, 1.54) is 0 Å². The number of anilines is 1. The number of hydrogen-bond donors (Lipinski definition) is 3. The highest BCUT2D eigenvalue weighted by Gasteiger charge is 2.24. The zero-order valence-corrected chi connectivity index (χ0v) is 12.0. The van der Waals surface area contributed by atoms with E-state index in [-0.39, 0.29) is 18.7 Å². The van der Waals surface area contributed by atoms with Crippen molar-refractivity contribution in [2.24, 2.45) is 5.92 Å². The molecule has 2 amide bonds. The number of nitrogens with one attached hydrogen (secondary N) is 2. The van der Waals surface area contributed by atoms with Crippen LogP contribution >= 0.6 is 0 Å². The van der Waals surface area contributed by atoms with Gasteiger partial charge in [0.25, 0.3) is 0 Å². The minimum absolute atomic E-state index is 0.215. The summed E-state index contributed by atoms with van der Waals surface area (Å²) in [4.78, 5) is 22.3. The molecule has 0 aromatic heterocycles. The van der Waals surface area contributed by atoms with Crippen molar-refractivity contribution in [2.45, 2.75) is 32.2 Å². The van der Waals surface area contributed by atoms with Gasteiger partial charge < -0.3 is 20.5 Å². The number of rotatable bonds is 5. The smallest absolute Gasteiger partial charge is 0.341 e. The SMILES string of the molecule is CC1CCCC1NC(=O)Nc1ccc(OCC(=O)O)cc1. The molecule has 0 heterocycles. The Morgan fingerprint density at radius 2 is 2.00 bits per heavy atom. The Kier molecular flexibility index (Phi) is 5.03. The first-order valence-corrected chi connectivity index (χ1v) is 7.07. The van der Waals surface area contributed by atoms with Crippen LogP contribution in [0.1, 0.15) is 26.2 Å². The Morgan fingerprint density at radius 1 is 1.29 bits per heavy atom. The highest BCUT2D eigenvalue weighted by molar-refractivity contribution is 5.89. The average molecular weight is 292 g/mol. The van der Waals surface area contributed by atoms with E-state index in [1.54, 1.807) is 24.3 Å². The molecule has 1 aliphatic carbocycles. The number of ether oxygens (including phenoxy) is 1. The molecular formula is C15H20N2O4. The van der Waals surface area contributed by atoms with Crippen molar-refractivity contribution in [3.05, 3.63) is 24.3 Å². The number of aliphatic carboxylic acids is 1. The van der Waals surface area contributed by atoms with Crippen molar-refractivity contribution >= 4 is 17.7 Å². The summed E-state index contributed by atoms with van der Waals surface area (Å²) in [6, 6.07) is 6.62. The van der Waals surface area contributed by atoms with E-state index in [4.69, 9.17) is 9.84 Å². The third-order valence-corrected chi connectivity index (χ3v) is 3.65. The minimum atomic E-state index is -1.03. The number of carboxylic acid groups (broad SMARTS) is 1. The van der Waals surface area contributed by atoms with E-state index in [0.29, 0.717) is 17.4 Å². The Bertz CT molecular complexity index is 501. The second-order valence-electron chi connectivity index (χ2n) is 5.32. The summed E-state index contributed by atoms with van der Waals surface area (Å²) in [5, 5.41) is 14.2. The molecule has 6 nitrogen and oxygen atoms in total. The Balaban J connectivity index is 1.82. The van der Waals surface area contributed by atoms with E-state index in [9.17, 15) is 9.59 Å². The molecule has 6 heteroatoms. The van der Waals surface area contributed by atoms with Gasteiger partial charge in [-0.1, -0.05) is 13.3 Å². The first-order chi connectivity index (χ1) is 10.0. The fourth-order valence-electron chi connectivity index (χ4n) is 2.47. The fraction of sp³-hybridized carbons (Fsp3) is 0.467. The van der Waals surface area contributed by atoms with Crippen LogP contribution in [-0.4, -0.2) is 29.8 Å². The molecule has 1 fully saturated rings. The number of amides is 2. The molecule has 1 aliphatic rings. The normalized spacial score (nSPS) is 20.8. The number of hydrogen-bond acceptors (Lipinski definition) is 3. The van der Waals surface area contributed by atoms with E-state index in [0.717, 1.165) is 19.3 Å². The van der Waals surface area contributed by atoms with Gasteiger partial charge in [-0.2, -0.15) is 0 Å². The maximum absolute atomic E-state index is 11.9. The van der Waals surface area contributed by atoms with Gasteiger partial charge in [0.05, 0.1) is 0 Å². The number of benzene rings is 1. The quantitative estimate of drug-likeness (QED) is 0.778. The van der Waals surface area contributed by atoms with Crippen molar-refractivity contribution < 1.29 is 19.4 Å². The van der Waals surface area contributed by atoms with Crippen LogP contribution in [-0.2, 0) is 4.79 Å². The Labute approximate surface area is 123 Å². The summed E-state index contributed by atoms with van der Waals surface area (Å²) < 4.78 is 5.02. The summed E-state index contributed by atoms with van der Waals surface area (Å²) >= 11 is 0. The van der Waals surface area contributed by atoms with Crippen LogP contribution in [0.3, 0.4) is 0 Å². The van der Waals surface area contributed by atoms with Crippen LogP contribution < -0.4 is 15.4 Å². The molecule has 2 atom stereocenters. The molecule has 3 N–H and O–H groups in total. The molecular weight excluding hydrogens is 272 g/mol. The highest BCUT2D eigenvalue weighted by Crippen LogP contribution is 2.24. The lowest BCUT2D eigenvalue weighted by Gasteiger charge is -2.17. The molecule has 0 bridgehead atoms. The minimum Gasteiger partial charge on any atom is -0.482 e. The summed E-state index contributed by atoms with van der Waals surface area (Å²) in [6.07, 6.45) is 3.33. The predicted octanol–water partition coefficient (Wildman–Crippen LogP) is 2.46. The fourth-order valence-corrected chi connectivity index (χ4v) is 2.47. The average Bonchev–Trinajstić information content (AvgIpc) is 2.83. The summed E-state index contributed by atoms with van der Waals surface area (Å²) in [5.74, 6) is -0.0578. The van der Waals surface area contributed by atoms with Gasteiger partial charge in [0.15, 0.2) is 6.61 Å². The number of carboxylic acids is 1. The van der Waals surface area contributed by atoms with Crippen molar-refractivity contribution in [1.82, 2.24) is 5.32 Å². The van der Waals surface area contributed by atoms with Gasteiger partial charge in [0, 0.05) is 11.7 Å². The summed E-state index contributed by atoms with van der Waals surface area (Å²) in [5.41, 5.74) is 0.640. The van der Waals surface area contributed by atoms with Crippen molar-refractivity contribution in [3.8, 4) is 5.75 Å². The van der Waals surface area contributed by atoms with Crippen LogP contribution in [0.2, 0.25) is 0 Å². The maximum atomic E-state index is 11.9. The molecule has 0 radical (unpaired) electrons. The third-order valence-electron chi connectivity index (χ3n) is 3.65. The molecule has 21 heavy (non-hydrogen) atoms. The zero-order valence-electron chi connectivity index (χ0n) is 12.0. The standard InChI is InChI=1S/C15H20N2O4/c1-10-3-2-4-13(10)17-15(20)16-11-5-7-12(8-6-11)21-9-14(18)19/h5-8,10,13H,2-4,9H2,1H3,(H,18,19)(H2,16,17,20). The summed E-state index contributed by atoms with van der Waals surface area (Å²) in [7, 11) is 0. The second kappa shape index (κ2) is 6.97. The first kappa shape index (κ1) is 15.2. The molecule has 0 aliphatic heterocycles. The maximum Gasteiger partial charge on any atom is 0.341 e. The first-order valence-electron chi connectivity index (χ1n) is 7.07. The van der Waals surface area contributed by atoms with E-state index >= 15 is 0 Å². The van der Waals surface area contributed by atoms with Gasteiger partial charge in [-0.3, -0.25) is 0 Å². The lowest BCUT2D eigenvalue weighted by molar-refractivity contribution is -0.139. The largest absolute Gasteiger partial charge is 0.482 e. The van der Waals surface area contributed by atoms with Crippen LogP contribution in [0.5, 0.6) is 5.75 Å². The van der Waals surface area contributed by atoms with Gasteiger partial charge in [0.1, 0.15) is 5.75 Å². The van der Waals surface area contributed by atoms with Crippen LogP contribution in [0.15, 0.2) is 24.3 Å². The van der Waals surface area contributed by atoms with Gasteiger partial charge in [-0.15, -0.1) is 0 Å². The third kappa shape index (κ3) is 4.66. The van der Waals surface area contributed by atoms with E-state index in [2.05, 4.69) is 17.6 Å². The Morgan fingerprint density at radius 3 is 2.57 bits per heavy atom. The summed E-state index contributed by atoms with van der Waals surface area (Å²) in [6.45, 7) is 1.76. The molecule has 2 rings (SSSR count). The van der Waals surface area contributed by atoms with Crippen molar-refractivity contribution in [3.63, 3.8) is 0 Å². The second-order valence-corrected chi connectivity index (χ2v) is 5.32. The molecule has 1 aromatic rings. The number of urea groups is 1. The van der Waals surface area contributed by atoms with E-state index in [1.807, 2.05) is 0 Å². The molecule has 2 unspecified atom stereocenters. The van der Waals surface area contributed by atoms with Crippen LogP contribution in [0.4, 0.5) is 10.5 Å². The molecule has 0 saturated heterocycles. The zero-order chi connectivity index (χ0) is 15.2. The van der Waals surface area contributed by atoms with Gasteiger partial charge >= 0.3 is 12.0 Å². The molecule has 1 aromatic carbocycles. The molecule has 114 valence electrons. The van der Waals surface area contributed by atoms with Crippen molar-refractivity contribution in [1.29, 1.82) is 0 Å². The highest BCUT2D eigenvalue weighted by atomic mass is 16.5. The monoisotopic (exact) mass is 292 g/mol. The topological polar surface area (TPSA) is 87.7 Å². The van der Waals surface area contributed by atoms with Crippen LogP contribution in [0.25, 0.3) is 0 Å². The lowest BCUT2D eigenvalue weighted by Crippen LogP contribution is -2.39. The van der Waals surface area contributed by atoms with E-state index < -0.39 is 5.97 Å². The van der Waals surface area contributed by atoms with Gasteiger partial charge in [-0.05, 0) is 43.0 Å². The lowest BCUT2D eigenvalue weighted by atomic mass is 10.1. The van der Waals surface area contributed by atoms with Crippen LogP contribution in [0, 0.1) is 5.92 Å². The molecule has 0 spiro atoms. The van der Waals surface area contributed by atoms with Gasteiger partial charge in [0.2, 0.25) is 0 Å². The Hall–Kier alpha value is -2.24. The number of carbonyl (C=O) groups is 2. The molecule has 1 saturated carbocycles. The predicted molar refractivity (Wildman–Crippen MR) is 78.5 cm³/mol. The number of carbonyl (C=O) groups excluding carboxylic acids is 1. The van der Waals surface area contributed by atoms with Gasteiger partial charge in [-0.25, -0.2) is 9.59 Å².